The van der Waals surface area contributed by atoms with Crippen molar-refractivity contribution in [3.63, 3.8) is 0 Å². The summed E-state index contributed by atoms with van der Waals surface area (Å²) in [5.41, 5.74) is 5.10. The molecular formula is C21H22BrN2+. The molecule has 0 amide bonds. The van der Waals surface area contributed by atoms with Gasteiger partial charge in [-0.25, -0.2) is 4.57 Å². The van der Waals surface area contributed by atoms with Crippen molar-refractivity contribution in [1.29, 1.82) is 0 Å². The van der Waals surface area contributed by atoms with Crippen LogP contribution in [0.15, 0.2) is 59.2 Å². The van der Waals surface area contributed by atoms with E-state index < -0.39 is 0 Å². The van der Waals surface area contributed by atoms with Gasteiger partial charge in [-0.3, -0.25) is 0 Å². The Labute approximate surface area is 151 Å². The minimum atomic E-state index is 1.12. The topological polar surface area (TPSA) is 8.81 Å². The highest BCUT2D eigenvalue weighted by Crippen LogP contribution is 2.27. The zero-order valence-corrected chi connectivity index (χ0v) is 15.6. The Morgan fingerprint density at radius 2 is 1.67 bits per heavy atom. The maximum Gasteiger partial charge on any atom is 0.262 e. The Hall–Kier alpha value is -1.87. The summed E-state index contributed by atoms with van der Waals surface area (Å²) in [5, 5.41) is 0. The number of halogens is 1. The van der Waals surface area contributed by atoms with Crippen LogP contribution in [0.3, 0.4) is 0 Å². The molecule has 1 aliphatic heterocycles. The second-order valence-electron chi connectivity index (χ2n) is 6.61. The SMILES string of the molecule is Cc1ccc(-n2c(-c3ccc(Br)cc3)c[n+]3c2CCCCC3)cc1. The van der Waals surface area contributed by atoms with Crippen LogP contribution in [0.2, 0.25) is 0 Å². The number of hydrogen-bond donors (Lipinski definition) is 0. The summed E-state index contributed by atoms with van der Waals surface area (Å²) in [5.74, 6) is 1.43. The summed E-state index contributed by atoms with van der Waals surface area (Å²) in [4.78, 5) is 0. The van der Waals surface area contributed by atoms with Crippen molar-refractivity contribution in [3.05, 3.63) is 70.6 Å². The van der Waals surface area contributed by atoms with Crippen molar-refractivity contribution in [1.82, 2.24) is 4.57 Å². The highest BCUT2D eigenvalue weighted by Gasteiger charge is 2.26. The Bertz CT molecular complexity index is 845. The van der Waals surface area contributed by atoms with Crippen molar-refractivity contribution in [2.24, 2.45) is 0 Å². The lowest BCUT2D eigenvalue weighted by Crippen LogP contribution is -2.35. The summed E-state index contributed by atoms with van der Waals surface area (Å²) < 4.78 is 6.03. The minimum absolute atomic E-state index is 1.12. The van der Waals surface area contributed by atoms with Gasteiger partial charge in [0.05, 0.1) is 6.54 Å². The molecule has 0 radical (unpaired) electrons. The van der Waals surface area contributed by atoms with Crippen molar-refractivity contribution >= 4 is 15.9 Å². The average molecular weight is 382 g/mol. The second-order valence-corrected chi connectivity index (χ2v) is 7.53. The predicted molar refractivity (Wildman–Crippen MR) is 101 cm³/mol. The smallest absolute Gasteiger partial charge is 0.233 e. The molecule has 1 aromatic heterocycles. The molecule has 0 N–H and O–H groups in total. The van der Waals surface area contributed by atoms with Gasteiger partial charge in [0.25, 0.3) is 5.82 Å². The fraction of sp³-hybridized carbons (Fsp3) is 0.286. The summed E-state index contributed by atoms with van der Waals surface area (Å²) in [6.45, 7) is 3.27. The molecule has 0 saturated heterocycles. The van der Waals surface area contributed by atoms with Gasteiger partial charge in [0.1, 0.15) is 11.9 Å². The number of hydrogen-bond acceptors (Lipinski definition) is 0. The molecular weight excluding hydrogens is 360 g/mol. The highest BCUT2D eigenvalue weighted by atomic mass is 79.9. The van der Waals surface area contributed by atoms with Crippen molar-refractivity contribution in [2.45, 2.75) is 39.2 Å². The van der Waals surface area contributed by atoms with E-state index in [4.69, 9.17) is 0 Å². The molecule has 3 aromatic rings. The Morgan fingerprint density at radius 3 is 2.42 bits per heavy atom. The molecule has 3 heteroatoms. The second kappa shape index (κ2) is 6.56. The summed E-state index contributed by atoms with van der Waals surface area (Å²) in [6, 6.07) is 17.5. The predicted octanol–water partition coefficient (Wildman–Crippen LogP) is 5.23. The van der Waals surface area contributed by atoms with E-state index in [9.17, 15) is 0 Å². The molecule has 0 atom stereocenters. The van der Waals surface area contributed by atoms with E-state index >= 15 is 0 Å². The van der Waals surface area contributed by atoms with Crippen LogP contribution < -0.4 is 4.57 Å². The normalized spacial score (nSPS) is 14.2. The molecule has 0 unspecified atom stereocenters. The minimum Gasteiger partial charge on any atom is -0.233 e. The Balaban J connectivity index is 1.92. The van der Waals surface area contributed by atoms with Crippen LogP contribution in [0, 0.1) is 6.92 Å². The first-order valence-corrected chi connectivity index (χ1v) is 9.49. The van der Waals surface area contributed by atoms with E-state index in [1.54, 1.807) is 0 Å². The van der Waals surface area contributed by atoms with Gasteiger partial charge >= 0.3 is 0 Å². The fourth-order valence-corrected chi connectivity index (χ4v) is 3.81. The molecule has 122 valence electrons. The van der Waals surface area contributed by atoms with Crippen LogP contribution in [0.1, 0.15) is 30.7 Å². The van der Waals surface area contributed by atoms with Crippen LogP contribution in [0.4, 0.5) is 0 Å². The molecule has 24 heavy (non-hydrogen) atoms. The lowest BCUT2D eigenvalue weighted by atomic mass is 10.1. The third kappa shape index (κ3) is 2.93. The summed E-state index contributed by atoms with van der Waals surface area (Å²) in [6.07, 6.45) is 7.35. The zero-order chi connectivity index (χ0) is 16.5. The van der Waals surface area contributed by atoms with Gasteiger partial charge in [0.2, 0.25) is 0 Å². The number of aromatic nitrogens is 2. The molecule has 0 saturated carbocycles. The molecule has 2 nitrogen and oxygen atoms in total. The van der Waals surface area contributed by atoms with Gasteiger partial charge < -0.3 is 0 Å². The van der Waals surface area contributed by atoms with Gasteiger partial charge in [-0.15, -0.1) is 0 Å². The van der Waals surface area contributed by atoms with E-state index in [1.165, 1.54) is 47.6 Å². The number of benzene rings is 2. The van der Waals surface area contributed by atoms with Crippen LogP contribution in [-0.4, -0.2) is 4.57 Å². The van der Waals surface area contributed by atoms with Crippen LogP contribution in [0.25, 0.3) is 16.9 Å². The number of fused-ring (bicyclic) bond motifs is 1. The van der Waals surface area contributed by atoms with Crippen LogP contribution in [-0.2, 0) is 13.0 Å². The lowest BCUT2D eigenvalue weighted by molar-refractivity contribution is -0.702. The number of nitrogens with zero attached hydrogens (tertiary/aromatic N) is 2. The van der Waals surface area contributed by atoms with E-state index in [0.29, 0.717) is 0 Å². The average Bonchev–Trinajstić information content (AvgIpc) is 2.79. The Morgan fingerprint density at radius 1 is 0.917 bits per heavy atom. The zero-order valence-electron chi connectivity index (χ0n) is 14.0. The van der Waals surface area contributed by atoms with Gasteiger partial charge in [-0.05, 0) is 62.6 Å². The maximum absolute atomic E-state index is 3.54. The first-order chi connectivity index (χ1) is 11.7. The first-order valence-electron chi connectivity index (χ1n) is 8.69. The van der Waals surface area contributed by atoms with Gasteiger partial charge in [0.15, 0.2) is 5.69 Å². The molecule has 2 heterocycles. The van der Waals surface area contributed by atoms with Crippen molar-refractivity contribution in [2.75, 3.05) is 0 Å². The monoisotopic (exact) mass is 381 g/mol. The van der Waals surface area contributed by atoms with E-state index in [1.807, 2.05) is 0 Å². The quantitative estimate of drug-likeness (QED) is 0.537. The molecule has 0 bridgehead atoms. The number of imidazole rings is 1. The fourth-order valence-electron chi connectivity index (χ4n) is 3.54. The van der Waals surface area contributed by atoms with Gasteiger partial charge in [-0.2, -0.15) is 4.57 Å². The van der Waals surface area contributed by atoms with E-state index in [0.717, 1.165) is 17.4 Å². The van der Waals surface area contributed by atoms with Crippen molar-refractivity contribution < 1.29 is 4.57 Å². The summed E-state index contributed by atoms with van der Waals surface area (Å²) in [7, 11) is 0. The first kappa shape index (κ1) is 15.6. The molecule has 0 aliphatic carbocycles. The van der Waals surface area contributed by atoms with Crippen molar-refractivity contribution in [3.8, 4) is 16.9 Å². The van der Waals surface area contributed by atoms with Crippen LogP contribution in [0.5, 0.6) is 0 Å². The largest absolute Gasteiger partial charge is 0.262 e. The number of aryl methyl sites for hydroxylation is 2. The molecule has 2 aromatic carbocycles. The summed E-state index contributed by atoms with van der Waals surface area (Å²) >= 11 is 3.54. The van der Waals surface area contributed by atoms with E-state index in [-0.39, 0.29) is 0 Å². The van der Waals surface area contributed by atoms with E-state index in [2.05, 4.69) is 86.7 Å². The Kier molecular flexibility index (Phi) is 4.28. The molecule has 1 aliphatic rings. The third-order valence-electron chi connectivity index (χ3n) is 4.84. The molecule has 0 fully saturated rings. The third-order valence-corrected chi connectivity index (χ3v) is 5.37. The molecule has 4 rings (SSSR count). The molecule has 0 spiro atoms. The van der Waals surface area contributed by atoms with Gasteiger partial charge in [0, 0.05) is 16.5 Å². The van der Waals surface area contributed by atoms with Gasteiger partial charge in [-0.1, -0.05) is 33.6 Å². The van der Waals surface area contributed by atoms with Crippen LogP contribution >= 0.6 is 15.9 Å². The number of rotatable bonds is 2. The highest BCUT2D eigenvalue weighted by molar-refractivity contribution is 9.10. The maximum atomic E-state index is 3.54. The standard InChI is InChI=1S/C21H22BrN2/c1-16-6-12-19(13-7-16)24-20(17-8-10-18(22)11-9-17)15-23-14-4-2-3-5-21(23)24/h6-13,15H,2-5,14H2,1H3/q+1. The lowest BCUT2D eigenvalue weighted by Gasteiger charge is -2.06.